The topological polar surface area (TPSA) is 30.8 Å². The highest BCUT2D eigenvalue weighted by atomic mass is 16.5. The third-order valence-electron chi connectivity index (χ3n) is 3.35. The Hall–Kier alpha value is -1.51. The SMILES string of the molecule is COc1cc2c(cc1OC)C(C)(C)CN=C2C. The third kappa shape index (κ3) is 1.90. The molecule has 0 amide bonds. The Bertz CT molecular complexity index is 475. The quantitative estimate of drug-likeness (QED) is 0.786. The smallest absolute Gasteiger partial charge is 0.161 e. The summed E-state index contributed by atoms with van der Waals surface area (Å²) in [7, 11) is 3.33. The number of methoxy groups -OCH3 is 2. The summed E-state index contributed by atoms with van der Waals surface area (Å²) in [5.74, 6) is 1.55. The zero-order valence-corrected chi connectivity index (χ0v) is 11.1. The van der Waals surface area contributed by atoms with Gasteiger partial charge in [0.05, 0.1) is 14.2 Å². The van der Waals surface area contributed by atoms with E-state index in [9.17, 15) is 0 Å². The van der Waals surface area contributed by atoms with Crippen LogP contribution in [0.15, 0.2) is 17.1 Å². The summed E-state index contributed by atoms with van der Waals surface area (Å²) in [5, 5.41) is 0. The van der Waals surface area contributed by atoms with Gasteiger partial charge >= 0.3 is 0 Å². The number of nitrogens with zero attached hydrogens (tertiary/aromatic N) is 1. The van der Waals surface area contributed by atoms with Crippen molar-refractivity contribution in [2.45, 2.75) is 26.2 Å². The molecule has 1 aliphatic rings. The van der Waals surface area contributed by atoms with Gasteiger partial charge < -0.3 is 9.47 Å². The van der Waals surface area contributed by atoms with Crippen molar-refractivity contribution in [3.8, 4) is 11.5 Å². The van der Waals surface area contributed by atoms with Crippen molar-refractivity contribution >= 4 is 5.71 Å². The van der Waals surface area contributed by atoms with Crippen LogP contribution in [-0.4, -0.2) is 26.5 Å². The van der Waals surface area contributed by atoms with Gasteiger partial charge in [-0.1, -0.05) is 13.8 Å². The molecule has 0 atom stereocenters. The Morgan fingerprint density at radius 1 is 1.12 bits per heavy atom. The number of ether oxygens (including phenoxy) is 2. The van der Waals surface area contributed by atoms with Crippen molar-refractivity contribution < 1.29 is 9.47 Å². The van der Waals surface area contributed by atoms with Crippen LogP contribution in [0.5, 0.6) is 11.5 Å². The maximum atomic E-state index is 5.37. The fourth-order valence-electron chi connectivity index (χ4n) is 2.22. The van der Waals surface area contributed by atoms with Gasteiger partial charge in [0, 0.05) is 23.2 Å². The van der Waals surface area contributed by atoms with Crippen molar-refractivity contribution in [3.63, 3.8) is 0 Å². The van der Waals surface area contributed by atoms with Crippen LogP contribution >= 0.6 is 0 Å². The fourth-order valence-corrected chi connectivity index (χ4v) is 2.22. The first kappa shape index (κ1) is 12.0. The zero-order valence-electron chi connectivity index (χ0n) is 11.1. The number of hydrogen-bond acceptors (Lipinski definition) is 3. The fraction of sp³-hybridized carbons (Fsp3) is 0.500. The Morgan fingerprint density at radius 2 is 1.71 bits per heavy atom. The normalized spacial score (nSPS) is 17.1. The zero-order chi connectivity index (χ0) is 12.6. The molecule has 1 aromatic carbocycles. The third-order valence-corrected chi connectivity index (χ3v) is 3.35. The summed E-state index contributed by atoms with van der Waals surface area (Å²) >= 11 is 0. The van der Waals surface area contributed by atoms with E-state index < -0.39 is 0 Å². The lowest BCUT2D eigenvalue weighted by Crippen LogP contribution is -2.28. The Morgan fingerprint density at radius 3 is 2.29 bits per heavy atom. The van der Waals surface area contributed by atoms with E-state index in [0.717, 1.165) is 23.8 Å². The van der Waals surface area contributed by atoms with E-state index in [4.69, 9.17) is 9.47 Å². The van der Waals surface area contributed by atoms with E-state index in [1.807, 2.05) is 13.0 Å². The second-order valence-electron chi connectivity index (χ2n) is 5.04. The molecule has 0 fully saturated rings. The molecule has 0 aliphatic carbocycles. The van der Waals surface area contributed by atoms with Gasteiger partial charge in [-0.2, -0.15) is 0 Å². The molecule has 17 heavy (non-hydrogen) atoms. The summed E-state index contributed by atoms with van der Waals surface area (Å²) in [4.78, 5) is 4.58. The van der Waals surface area contributed by atoms with Crippen molar-refractivity contribution in [3.05, 3.63) is 23.3 Å². The summed E-state index contributed by atoms with van der Waals surface area (Å²) in [6.45, 7) is 7.27. The minimum Gasteiger partial charge on any atom is -0.493 e. The Balaban J connectivity index is 2.67. The lowest BCUT2D eigenvalue weighted by molar-refractivity contribution is 0.353. The molecule has 0 aromatic heterocycles. The monoisotopic (exact) mass is 233 g/mol. The maximum absolute atomic E-state index is 5.37. The molecule has 1 aromatic rings. The average Bonchev–Trinajstić information content (AvgIpc) is 2.33. The van der Waals surface area contributed by atoms with Crippen LogP contribution in [-0.2, 0) is 5.41 Å². The van der Waals surface area contributed by atoms with Gasteiger partial charge in [0.1, 0.15) is 0 Å². The van der Waals surface area contributed by atoms with Crippen LogP contribution in [0, 0.1) is 0 Å². The van der Waals surface area contributed by atoms with Gasteiger partial charge in [-0.3, -0.25) is 4.99 Å². The van der Waals surface area contributed by atoms with Crippen LogP contribution < -0.4 is 9.47 Å². The number of fused-ring (bicyclic) bond motifs is 1. The molecule has 3 heteroatoms. The summed E-state index contributed by atoms with van der Waals surface area (Å²) in [6.07, 6.45) is 0. The first-order valence-electron chi connectivity index (χ1n) is 5.77. The van der Waals surface area contributed by atoms with E-state index in [1.165, 1.54) is 11.1 Å². The molecule has 0 saturated heterocycles. The first-order valence-corrected chi connectivity index (χ1v) is 5.77. The first-order chi connectivity index (χ1) is 7.99. The number of rotatable bonds is 2. The molecule has 0 saturated carbocycles. The molecule has 1 aliphatic heterocycles. The molecular weight excluding hydrogens is 214 g/mol. The molecule has 0 radical (unpaired) electrons. The van der Waals surface area contributed by atoms with E-state index in [0.29, 0.717) is 0 Å². The minimum absolute atomic E-state index is 0.0500. The largest absolute Gasteiger partial charge is 0.493 e. The van der Waals surface area contributed by atoms with E-state index in [1.54, 1.807) is 14.2 Å². The van der Waals surface area contributed by atoms with Gasteiger partial charge in [0.25, 0.3) is 0 Å². The van der Waals surface area contributed by atoms with Gasteiger partial charge in [-0.05, 0) is 24.6 Å². The van der Waals surface area contributed by atoms with Crippen LogP contribution in [0.25, 0.3) is 0 Å². The lowest BCUT2D eigenvalue weighted by atomic mass is 9.78. The van der Waals surface area contributed by atoms with Crippen molar-refractivity contribution in [1.82, 2.24) is 0 Å². The Kier molecular flexibility index (Phi) is 2.86. The predicted octanol–water partition coefficient (Wildman–Crippen LogP) is 2.80. The second-order valence-corrected chi connectivity index (χ2v) is 5.04. The Labute approximate surface area is 102 Å². The van der Waals surface area contributed by atoms with Gasteiger partial charge in [0.15, 0.2) is 11.5 Å². The van der Waals surface area contributed by atoms with Crippen LogP contribution in [0.4, 0.5) is 0 Å². The molecule has 0 N–H and O–H groups in total. The highest BCUT2D eigenvalue weighted by Crippen LogP contribution is 2.38. The molecule has 92 valence electrons. The van der Waals surface area contributed by atoms with Gasteiger partial charge in [-0.25, -0.2) is 0 Å². The summed E-state index contributed by atoms with van der Waals surface area (Å²) < 4.78 is 10.7. The molecule has 2 rings (SSSR count). The molecule has 1 heterocycles. The molecular formula is C14H19NO2. The highest BCUT2D eigenvalue weighted by molar-refractivity contribution is 6.02. The molecule has 0 bridgehead atoms. The second kappa shape index (κ2) is 4.06. The van der Waals surface area contributed by atoms with Crippen LogP contribution in [0.2, 0.25) is 0 Å². The van der Waals surface area contributed by atoms with Crippen molar-refractivity contribution in [1.29, 1.82) is 0 Å². The standard InChI is InChI=1S/C14H19NO2/c1-9-10-6-12(16-4)13(17-5)7-11(10)14(2,3)8-15-9/h6-7H,8H2,1-5H3. The number of aliphatic imine (C=N–C) groups is 1. The molecule has 0 spiro atoms. The summed E-state index contributed by atoms with van der Waals surface area (Å²) in [5.41, 5.74) is 3.57. The van der Waals surface area contributed by atoms with Gasteiger partial charge in [-0.15, -0.1) is 0 Å². The van der Waals surface area contributed by atoms with Crippen molar-refractivity contribution in [2.24, 2.45) is 4.99 Å². The number of benzene rings is 1. The van der Waals surface area contributed by atoms with Gasteiger partial charge in [0.2, 0.25) is 0 Å². The predicted molar refractivity (Wildman–Crippen MR) is 69.7 cm³/mol. The number of hydrogen-bond donors (Lipinski definition) is 0. The van der Waals surface area contributed by atoms with E-state index in [-0.39, 0.29) is 5.41 Å². The van der Waals surface area contributed by atoms with Crippen LogP contribution in [0.3, 0.4) is 0 Å². The minimum atomic E-state index is 0.0500. The van der Waals surface area contributed by atoms with Crippen LogP contribution in [0.1, 0.15) is 31.9 Å². The van der Waals surface area contributed by atoms with E-state index >= 15 is 0 Å². The molecule has 3 nitrogen and oxygen atoms in total. The lowest BCUT2D eigenvalue weighted by Gasteiger charge is -2.31. The van der Waals surface area contributed by atoms with E-state index in [2.05, 4.69) is 24.9 Å². The summed E-state index contributed by atoms with van der Waals surface area (Å²) in [6, 6.07) is 4.10. The molecule has 0 unspecified atom stereocenters. The maximum Gasteiger partial charge on any atom is 0.161 e. The van der Waals surface area contributed by atoms with Crippen molar-refractivity contribution in [2.75, 3.05) is 20.8 Å². The highest BCUT2D eigenvalue weighted by Gasteiger charge is 2.29. The average molecular weight is 233 g/mol.